The van der Waals surface area contributed by atoms with Crippen LogP contribution in [0.5, 0.6) is 0 Å². The second-order valence-corrected chi connectivity index (χ2v) is 4.96. The van der Waals surface area contributed by atoms with Crippen LogP contribution in [0.2, 0.25) is 0 Å². The summed E-state index contributed by atoms with van der Waals surface area (Å²) in [5, 5.41) is 12.9. The van der Waals surface area contributed by atoms with Crippen molar-refractivity contribution in [2.24, 2.45) is 0 Å². The average Bonchev–Trinajstić information content (AvgIpc) is 2.79. The summed E-state index contributed by atoms with van der Waals surface area (Å²) in [6, 6.07) is 4.54. The molecule has 2 rings (SSSR count). The number of halogens is 1. The molecule has 1 aromatic heterocycles. The van der Waals surface area contributed by atoms with Crippen LogP contribution in [0.3, 0.4) is 0 Å². The minimum absolute atomic E-state index is 0.0695. The summed E-state index contributed by atoms with van der Waals surface area (Å²) in [6.45, 7) is 1.57. The molecule has 0 aliphatic heterocycles. The first-order valence-electron chi connectivity index (χ1n) is 5.70. The van der Waals surface area contributed by atoms with E-state index in [9.17, 15) is 14.0 Å². The van der Waals surface area contributed by atoms with Crippen molar-refractivity contribution in [3.05, 3.63) is 46.2 Å². The molecule has 0 saturated carbocycles. The minimum Gasteiger partial charge on any atom is -0.481 e. The monoisotopic (exact) mass is 294 g/mol. The number of carboxylic acid groups (broad SMARTS) is 1. The Morgan fingerprint density at radius 2 is 2.20 bits per heavy atom. The molecule has 0 atom stereocenters. The number of rotatable bonds is 4. The number of anilines is 1. The van der Waals surface area contributed by atoms with Crippen molar-refractivity contribution in [2.75, 3.05) is 5.32 Å². The first-order chi connectivity index (χ1) is 9.47. The molecule has 0 saturated heterocycles. The fourth-order valence-electron chi connectivity index (χ4n) is 1.59. The normalized spacial score (nSPS) is 10.3. The third-order valence-electron chi connectivity index (χ3n) is 2.54. The molecule has 1 aromatic carbocycles. The van der Waals surface area contributed by atoms with Gasteiger partial charge in [0, 0.05) is 5.38 Å². The molecular formula is C13H11FN2O3S. The molecule has 0 spiro atoms. The van der Waals surface area contributed by atoms with Crippen molar-refractivity contribution < 1.29 is 19.1 Å². The van der Waals surface area contributed by atoms with E-state index in [2.05, 4.69) is 10.3 Å². The number of nitrogens with zero attached hydrogens (tertiary/aromatic N) is 1. The Kier molecular flexibility index (Phi) is 4.09. The Labute approximate surface area is 118 Å². The van der Waals surface area contributed by atoms with Crippen LogP contribution in [0.25, 0.3) is 0 Å². The number of benzene rings is 1. The summed E-state index contributed by atoms with van der Waals surface area (Å²) in [7, 11) is 0. The van der Waals surface area contributed by atoms with Crippen LogP contribution in [0.1, 0.15) is 21.6 Å². The number of carbonyl (C=O) groups excluding carboxylic acids is 1. The van der Waals surface area contributed by atoms with Gasteiger partial charge in [-0.05, 0) is 18.6 Å². The van der Waals surface area contributed by atoms with Crippen LogP contribution in [-0.2, 0) is 11.2 Å². The fourth-order valence-corrected chi connectivity index (χ4v) is 2.29. The van der Waals surface area contributed by atoms with E-state index in [4.69, 9.17) is 5.11 Å². The number of nitrogens with one attached hydrogen (secondary N) is 1. The highest BCUT2D eigenvalue weighted by atomic mass is 32.1. The van der Waals surface area contributed by atoms with Gasteiger partial charge in [-0.15, -0.1) is 11.3 Å². The topological polar surface area (TPSA) is 79.3 Å². The molecular weight excluding hydrogens is 283 g/mol. The van der Waals surface area contributed by atoms with Crippen molar-refractivity contribution in [3.63, 3.8) is 0 Å². The molecule has 0 fully saturated rings. The number of hydrogen-bond donors (Lipinski definition) is 2. The Bertz CT molecular complexity index is 669. The molecule has 2 aromatic rings. The predicted octanol–water partition coefficient (Wildman–Crippen LogP) is 2.47. The van der Waals surface area contributed by atoms with E-state index in [0.717, 1.165) is 11.3 Å². The van der Waals surface area contributed by atoms with Gasteiger partial charge in [0.1, 0.15) is 5.82 Å². The van der Waals surface area contributed by atoms with E-state index < -0.39 is 17.7 Å². The number of thiazole rings is 1. The quantitative estimate of drug-likeness (QED) is 0.908. The first-order valence-corrected chi connectivity index (χ1v) is 6.58. The molecule has 1 heterocycles. The zero-order valence-corrected chi connectivity index (χ0v) is 11.3. The number of aliphatic carboxylic acids is 1. The van der Waals surface area contributed by atoms with Gasteiger partial charge in [0.05, 0.1) is 17.7 Å². The Balaban J connectivity index is 2.13. The number of aryl methyl sites for hydroxylation is 1. The van der Waals surface area contributed by atoms with E-state index in [1.165, 1.54) is 11.4 Å². The molecule has 7 heteroatoms. The maximum absolute atomic E-state index is 13.8. The lowest BCUT2D eigenvalue weighted by Crippen LogP contribution is -2.14. The van der Waals surface area contributed by atoms with Gasteiger partial charge in [-0.3, -0.25) is 14.9 Å². The van der Waals surface area contributed by atoms with Gasteiger partial charge in [0.2, 0.25) is 0 Å². The van der Waals surface area contributed by atoms with Gasteiger partial charge >= 0.3 is 5.97 Å². The molecule has 0 bridgehead atoms. The Hall–Kier alpha value is -2.28. The van der Waals surface area contributed by atoms with Crippen molar-refractivity contribution in [2.45, 2.75) is 13.3 Å². The molecule has 104 valence electrons. The Morgan fingerprint density at radius 3 is 2.90 bits per heavy atom. The van der Waals surface area contributed by atoms with Crippen LogP contribution in [0.15, 0.2) is 23.6 Å². The molecule has 0 radical (unpaired) electrons. The van der Waals surface area contributed by atoms with Gasteiger partial charge < -0.3 is 5.11 Å². The van der Waals surface area contributed by atoms with Crippen LogP contribution in [0, 0.1) is 12.7 Å². The van der Waals surface area contributed by atoms with Crippen LogP contribution < -0.4 is 5.32 Å². The number of hydrogen-bond acceptors (Lipinski definition) is 4. The lowest BCUT2D eigenvalue weighted by atomic mass is 10.1. The third-order valence-corrected chi connectivity index (χ3v) is 3.35. The van der Waals surface area contributed by atoms with Crippen molar-refractivity contribution in [1.29, 1.82) is 0 Å². The minimum atomic E-state index is -1.00. The highest BCUT2D eigenvalue weighted by Crippen LogP contribution is 2.18. The fraction of sp³-hybridized carbons (Fsp3) is 0.154. The van der Waals surface area contributed by atoms with Crippen LogP contribution in [0.4, 0.5) is 9.52 Å². The van der Waals surface area contributed by atoms with Crippen molar-refractivity contribution in [3.8, 4) is 0 Å². The van der Waals surface area contributed by atoms with Crippen LogP contribution >= 0.6 is 11.3 Å². The molecule has 0 unspecified atom stereocenters. The van der Waals surface area contributed by atoms with Gasteiger partial charge in [-0.1, -0.05) is 12.1 Å². The van der Waals surface area contributed by atoms with Gasteiger partial charge in [0.25, 0.3) is 5.91 Å². The predicted molar refractivity (Wildman–Crippen MR) is 72.5 cm³/mol. The molecule has 2 N–H and O–H groups in total. The first kappa shape index (κ1) is 14.1. The molecule has 0 aliphatic carbocycles. The highest BCUT2D eigenvalue weighted by Gasteiger charge is 2.15. The summed E-state index contributed by atoms with van der Waals surface area (Å²) in [6.07, 6.45) is -0.217. The lowest BCUT2D eigenvalue weighted by Gasteiger charge is -2.04. The summed E-state index contributed by atoms with van der Waals surface area (Å²) in [5.74, 6) is -2.19. The zero-order valence-electron chi connectivity index (χ0n) is 10.5. The Morgan fingerprint density at radius 1 is 1.45 bits per heavy atom. The SMILES string of the molecule is Cc1cccc(C(=O)Nc2nc(CC(=O)O)cs2)c1F. The van der Waals surface area contributed by atoms with E-state index in [1.807, 2.05) is 0 Å². The molecule has 5 nitrogen and oxygen atoms in total. The largest absolute Gasteiger partial charge is 0.481 e. The van der Waals surface area contributed by atoms with E-state index in [0.29, 0.717) is 11.3 Å². The zero-order chi connectivity index (χ0) is 14.7. The van der Waals surface area contributed by atoms with E-state index in [1.54, 1.807) is 19.1 Å². The third kappa shape index (κ3) is 3.18. The molecule has 0 aliphatic rings. The second kappa shape index (κ2) is 5.79. The summed E-state index contributed by atoms with van der Waals surface area (Å²) in [5.41, 5.74) is 0.658. The highest BCUT2D eigenvalue weighted by molar-refractivity contribution is 7.14. The molecule has 20 heavy (non-hydrogen) atoms. The van der Waals surface area contributed by atoms with Gasteiger partial charge in [-0.25, -0.2) is 9.37 Å². The number of amides is 1. The maximum atomic E-state index is 13.8. The van der Waals surface area contributed by atoms with Gasteiger partial charge in [0.15, 0.2) is 5.13 Å². The lowest BCUT2D eigenvalue weighted by molar-refractivity contribution is -0.136. The van der Waals surface area contributed by atoms with Crippen molar-refractivity contribution >= 4 is 28.3 Å². The number of carboxylic acids is 1. The van der Waals surface area contributed by atoms with Crippen molar-refractivity contribution in [1.82, 2.24) is 4.98 Å². The summed E-state index contributed by atoms with van der Waals surface area (Å²) >= 11 is 1.10. The second-order valence-electron chi connectivity index (χ2n) is 4.11. The molecule has 1 amide bonds. The van der Waals surface area contributed by atoms with Crippen LogP contribution in [-0.4, -0.2) is 22.0 Å². The average molecular weight is 294 g/mol. The smallest absolute Gasteiger partial charge is 0.309 e. The number of carbonyl (C=O) groups is 2. The van der Waals surface area contributed by atoms with E-state index >= 15 is 0 Å². The number of aromatic nitrogens is 1. The van der Waals surface area contributed by atoms with E-state index in [-0.39, 0.29) is 17.1 Å². The summed E-state index contributed by atoms with van der Waals surface area (Å²) in [4.78, 5) is 26.4. The maximum Gasteiger partial charge on any atom is 0.309 e. The summed E-state index contributed by atoms with van der Waals surface area (Å²) < 4.78 is 13.8. The van der Waals surface area contributed by atoms with Gasteiger partial charge in [-0.2, -0.15) is 0 Å². The standard InChI is InChI=1S/C13H11FN2O3S/c1-7-3-2-4-9(11(7)14)12(19)16-13-15-8(6-20-13)5-10(17)18/h2-4,6H,5H2,1H3,(H,17,18)(H,15,16,19).